The Bertz CT molecular complexity index is 889. The number of nitrogens with zero attached hydrogens (tertiary/aromatic N) is 3. The minimum atomic E-state index is 0.718. The van der Waals surface area contributed by atoms with Crippen LogP contribution in [0, 0.1) is 0 Å². The molecule has 2 aliphatic heterocycles. The number of thiophene rings is 1. The molecule has 0 fully saturated rings. The summed E-state index contributed by atoms with van der Waals surface area (Å²) in [5, 5.41) is 6.29. The molecule has 0 spiro atoms. The van der Waals surface area contributed by atoms with Gasteiger partial charge in [0.25, 0.3) is 0 Å². The molecule has 25 heavy (non-hydrogen) atoms. The minimum Gasteiger partial charge on any atom is -0.277 e. The number of aliphatic imine (C=N–C) groups is 1. The van der Waals surface area contributed by atoms with Crippen LogP contribution in [0.2, 0.25) is 0 Å². The number of fused-ring (bicyclic) bond motifs is 1. The van der Waals surface area contributed by atoms with Crippen molar-refractivity contribution in [2.75, 3.05) is 6.54 Å². The highest BCUT2D eigenvalue weighted by atomic mass is 32.1. The molecule has 0 atom stereocenters. The second-order valence-corrected chi connectivity index (χ2v) is 6.62. The highest BCUT2D eigenvalue weighted by Gasteiger charge is 2.22. The molecule has 124 valence electrons. The predicted octanol–water partition coefficient (Wildman–Crippen LogP) is 3.96. The predicted molar refractivity (Wildman–Crippen MR) is 104 cm³/mol. The van der Waals surface area contributed by atoms with Crippen molar-refractivity contribution in [3.05, 3.63) is 94.6 Å². The lowest BCUT2D eigenvalue weighted by Gasteiger charge is -2.34. The quantitative estimate of drug-likeness (QED) is 0.911. The van der Waals surface area contributed by atoms with Gasteiger partial charge in [-0.2, -0.15) is 11.3 Å². The first-order valence-electron chi connectivity index (χ1n) is 8.13. The van der Waals surface area contributed by atoms with E-state index in [0.29, 0.717) is 0 Å². The van der Waals surface area contributed by atoms with E-state index >= 15 is 0 Å². The first-order chi connectivity index (χ1) is 12.3. The molecule has 0 amide bonds. The normalized spacial score (nSPS) is 17.8. The average molecular weight is 346 g/mol. The van der Waals surface area contributed by atoms with E-state index < -0.39 is 0 Å². The zero-order valence-corrected chi connectivity index (χ0v) is 14.5. The fourth-order valence-electron chi connectivity index (χ4n) is 2.80. The van der Waals surface area contributed by atoms with Crippen molar-refractivity contribution in [2.45, 2.75) is 6.42 Å². The van der Waals surface area contributed by atoms with Gasteiger partial charge in [0.15, 0.2) is 0 Å². The van der Waals surface area contributed by atoms with E-state index in [1.54, 1.807) is 17.5 Å². The van der Waals surface area contributed by atoms with Crippen LogP contribution < -0.4 is 5.43 Å². The molecule has 1 N–H and O–H groups in total. The lowest BCUT2D eigenvalue weighted by Crippen LogP contribution is -2.42. The largest absolute Gasteiger partial charge is 0.277 e. The van der Waals surface area contributed by atoms with Crippen LogP contribution in [0.1, 0.15) is 11.1 Å². The fourth-order valence-corrected chi connectivity index (χ4v) is 3.45. The highest BCUT2D eigenvalue weighted by molar-refractivity contribution is 7.08. The topological polar surface area (TPSA) is 40.5 Å². The molecule has 0 radical (unpaired) electrons. The summed E-state index contributed by atoms with van der Waals surface area (Å²) in [6, 6.07) is 6.15. The molecular formula is C20H18N4S. The summed E-state index contributed by atoms with van der Waals surface area (Å²) in [5.74, 6) is 0.856. The van der Waals surface area contributed by atoms with Gasteiger partial charge >= 0.3 is 0 Å². The summed E-state index contributed by atoms with van der Waals surface area (Å²) in [5.41, 5.74) is 8.93. The van der Waals surface area contributed by atoms with Gasteiger partial charge in [-0.3, -0.25) is 20.4 Å². The summed E-state index contributed by atoms with van der Waals surface area (Å²) in [6.07, 6.45) is 12.8. The Hall–Kier alpha value is -2.92. The zero-order valence-electron chi connectivity index (χ0n) is 13.7. The summed E-state index contributed by atoms with van der Waals surface area (Å²) < 4.78 is 0. The second-order valence-electron chi connectivity index (χ2n) is 5.84. The lowest BCUT2D eigenvalue weighted by molar-refractivity contribution is 0.445. The Kier molecular flexibility index (Phi) is 4.31. The molecular weight excluding hydrogens is 328 g/mol. The van der Waals surface area contributed by atoms with Crippen molar-refractivity contribution in [3.8, 4) is 0 Å². The number of allylic oxidation sites excluding steroid dienone is 4. The molecule has 0 aromatic carbocycles. The molecule has 0 bridgehead atoms. The van der Waals surface area contributed by atoms with E-state index in [1.807, 2.05) is 18.3 Å². The molecule has 0 unspecified atom stereocenters. The van der Waals surface area contributed by atoms with E-state index in [1.165, 1.54) is 11.1 Å². The van der Waals surface area contributed by atoms with Crippen molar-refractivity contribution in [1.82, 2.24) is 15.4 Å². The fraction of sp³-hybridized carbons (Fsp3) is 0.100. The van der Waals surface area contributed by atoms with Crippen LogP contribution in [0.4, 0.5) is 0 Å². The van der Waals surface area contributed by atoms with Crippen LogP contribution in [0.3, 0.4) is 0 Å². The van der Waals surface area contributed by atoms with Crippen molar-refractivity contribution >= 4 is 22.9 Å². The van der Waals surface area contributed by atoms with Crippen molar-refractivity contribution < 1.29 is 0 Å². The van der Waals surface area contributed by atoms with E-state index in [4.69, 9.17) is 0 Å². The Balaban J connectivity index is 1.52. The maximum atomic E-state index is 4.68. The van der Waals surface area contributed by atoms with Crippen LogP contribution in [0.15, 0.2) is 88.5 Å². The standard InChI is InChI=1S/C20H18N4S/c1-15-11-18-4-5-20(22-9-6-16-3-2-8-21-13-16)23-24(18)19(12-15)17-7-10-25-14-17/h2-5,7-8,10-14H,1,6,9H2,(H,22,23). The van der Waals surface area contributed by atoms with Gasteiger partial charge in [-0.05, 0) is 59.4 Å². The molecule has 5 heteroatoms. The number of hydrogen-bond acceptors (Lipinski definition) is 4. The van der Waals surface area contributed by atoms with Gasteiger partial charge in [0.05, 0.1) is 11.4 Å². The molecule has 4 heterocycles. The van der Waals surface area contributed by atoms with Crippen molar-refractivity contribution in [3.63, 3.8) is 0 Å². The number of amidine groups is 1. The van der Waals surface area contributed by atoms with Gasteiger partial charge < -0.3 is 0 Å². The summed E-state index contributed by atoms with van der Waals surface area (Å²) in [6.45, 7) is 4.81. The third kappa shape index (κ3) is 3.46. The molecule has 0 saturated heterocycles. The van der Waals surface area contributed by atoms with E-state index in [9.17, 15) is 0 Å². The van der Waals surface area contributed by atoms with Gasteiger partial charge in [-0.15, -0.1) is 0 Å². The maximum Gasteiger partial charge on any atom is 0.140 e. The SMILES string of the molecule is C=C1C=C2C=CC(=NCCc3cccnc3)NN2C(c2ccsc2)=C1. The Morgan fingerprint density at radius 3 is 3.00 bits per heavy atom. The third-order valence-corrected chi connectivity index (χ3v) is 4.70. The van der Waals surface area contributed by atoms with Crippen LogP contribution >= 0.6 is 11.3 Å². The molecule has 2 aromatic heterocycles. The molecule has 2 aromatic rings. The monoisotopic (exact) mass is 346 g/mol. The number of hydrogen-bond donors (Lipinski definition) is 1. The van der Waals surface area contributed by atoms with Crippen molar-refractivity contribution in [2.24, 2.45) is 4.99 Å². The number of rotatable bonds is 4. The van der Waals surface area contributed by atoms with Crippen LogP contribution in [0.5, 0.6) is 0 Å². The first-order valence-corrected chi connectivity index (χ1v) is 9.07. The lowest BCUT2D eigenvalue weighted by atomic mass is 10.1. The second kappa shape index (κ2) is 6.91. The van der Waals surface area contributed by atoms with Gasteiger partial charge in [-0.25, -0.2) is 0 Å². The molecule has 0 saturated carbocycles. The van der Waals surface area contributed by atoms with Gasteiger partial charge in [-0.1, -0.05) is 12.6 Å². The molecule has 0 aliphatic carbocycles. The molecule has 4 nitrogen and oxygen atoms in total. The number of hydrazine groups is 1. The van der Waals surface area contributed by atoms with E-state index in [2.05, 4.69) is 68.1 Å². The van der Waals surface area contributed by atoms with Crippen LogP contribution in [-0.2, 0) is 6.42 Å². The number of aromatic nitrogens is 1. The number of pyridine rings is 1. The Labute approximate surface area is 151 Å². The smallest absolute Gasteiger partial charge is 0.140 e. The molecule has 4 rings (SSSR count). The van der Waals surface area contributed by atoms with Gasteiger partial charge in [0.1, 0.15) is 5.84 Å². The Morgan fingerprint density at radius 1 is 1.24 bits per heavy atom. The van der Waals surface area contributed by atoms with Crippen LogP contribution in [-0.4, -0.2) is 22.4 Å². The first kappa shape index (κ1) is 15.6. The minimum absolute atomic E-state index is 0.718. The maximum absolute atomic E-state index is 4.68. The van der Waals surface area contributed by atoms with Gasteiger partial charge in [0, 0.05) is 29.9 Å². The van der Waals surface area contributed by atoms with Crippen LogP contribution in [0.25, 0.3) is 5.70 Å². The van der Waals surface area contributed by atoms with Gasteiger partial charge in [0.2, 0.25) is 0 Å². The van der Waals surface area contributed by atoms with Crippen molar-refractivity contribution in [1.29, 1.82) is 0 Å². The highest BCUT2D eigenvalue weighted by Crippen LogP contribution is 2.31. The zero-order chi connectivity index (χ0) is 17.1. The Morgan fingerprint density at radius 2 is 2.20 bits per heavy atom. The third-order valence-electron chi connectivity index (χ3n) is 4.02. The summed E-state index contributed by atoms with van der Waals surface area (Å²) in [7, 11) is 0. The van der Waals surface area contributed by atoms with E-state index in [-0.39, 0.29) is 0 Å². The van der Waals surface area contributed by atoms with E-state index in [0.717, 1.165) is 35.8 Å². The summed E-state index contributed by atoms with van der Waals surface area (Å²) in [4.78, 5) is 8.82. The number of nitrogens with one attached hydrogen (secondary N) is 1. The average Bonchev–Trinajstić information content (AvgIpc) is 3.17. The summed E-state index contributed by atoms with van der Waals surface area (Å²) >= 11 is 1.69. The molecule has 2 aliphatic rings.